The second-order valence-corrected chi connectivity index (χ2v) is 2.96. The zero-order chi connectivity index (χ0) is 6.41. The number of rotatable bonds is 4. The van der Waals surface area contributed by atoms with Crippen LogP contribution in [-0.2, 0) is 4.18 Å². The first-order valence-corrected chi connectivity index (χ1v) is 5.64. The van der Waals surface area contributed by atoms with Gasteiger partial charge >= 0.3 is 0 Å². The summed E-state index contributed by atoms with van der Waals surface area (Å²) in [6, 6.07) is 0. The summed E-state index contributed by atoms with van der Waals surface area (Å²) in [5.74, 6) is 0. The molecule has 0 saturated carbocycles. The Morgan fingerprint density at radius 2 is 2.50 bits per heavy atom. The molecular formula is C4H9IO2S. The lowest BCUT2D eigenvalue weighted by Crippen LogP contribution is -2.02. The van der Waals surface area contributed by atoms with Gasteiger partial charge in [-0.2, -0.15) is 0 Å². The van der Waals surface area contributed by atoms with Crippen LogP contribution in [0.5, 0.6) is 0 Å². The molecule has 0 aliphatic rings. The van der Waals surface area contributed by atoms with Crippen LogP contribution < -0.4 is 0 Å². The molecule has 0 bridgehead atoms. The number of hydrogen-bond donors (Lipinski definition) is 1. The Balaban J connectivity index is 2.72. The minimum Gasteiger partial charge on any atom is -0.393 e. The van der Waals surface area contributed by atoms with E-state index in [9.17, 15) is 0 Å². The molecule has 0 spiro atoms. The molecule has 0 heterocycles. The summed E-state index contributed by atoms with van der Waals surface area (Å²) in [7, 11) is 1.30. The third kappa shape index (κ3) is 7.00. The molecule has 1 unspecified atom stereocenters. The summed E-state index contributed by atoms with van der Waals surface area (Å²) in [4.78, 5) is 0. The Morgan fingerprint density at radius 3 is 2.88 bits per heavy atom. The van der Waals surface area contributed by atoms with Crippen molar-refractivity contribution in [3.05, 3.63) is 0 Å². The first-order chi connectivity index (χ1) is 3.77. The van der Waals surface area contributed by atoms with Crippen LogP contribution in [0.4, 0.5) is 0 Å². The zero-order valence-electron chi connectivity index (χ0n) is 4.63. The second kappa shape index (κ2) is 6.12. The van der Waals surface area contributed by atoms with E-state index in [0.717, 1.165) is 6.42 Å². The lowest BCUT2D eigenvalue weighted by molar-refractivity contribution is 0.163. The van der Waals surface area contributed by atoms with E-state index in [1.807, 2.05) is 21.2 Å². The van der Waals surface area contributed by atoms with Crippen LogP contribution >= 0.6 is 30.4 Å². The Hall–Kier alpha value is 1.00. The summed E-state index contributed by atoms with van der Waals surface area (Å²) in [5.41, 5.74) is 0. The predicted octanol–water partition coefficient (Wildman–Crippen LogP) is 1.77. The molecule has 0 fully saturated rings. The Labute approximate surface area is 65.8 Å². The zero-order valence-corrected chi connectivity index (χ0v) is 7.61. The van der Waals surface area contributed by atoms with Crippen LogP contribution in [-0.4, -0.2) is 17.8 Å². The van der Waals surface area contributed by atoms with Gasteiger partial charge in [0.05, 0.1) is 21.9 Å². The van der Waals surface area contributed by atoms with Gasteiger partial charge in [-0.1, -0.05) is 0 Å². The molecule has 0 saturated heterocycles. The molecule has 0 aliphatic carbocycles. The van der Waals surface area contributed by atoms with Gasteiger partial charge in [0.1, 0.15) is 0 Å². The van der Waals surface area contributed by atoms with Gasteiger partial charge in [-0.15, -0.1) is 0 Å². The summed E-state index contributed by atoms with van der Waals surface area (Å²) < 4.78 is 4.89. The summed E-state index contributed by atoms with van der Waals surface area (Å²) in [5, 5.41) is 8.69. The third-order valence-electron chi connectivity index (χ3n) is 0.664. The molecule has 8 heavy (non-hydrogen) atoms. The van der Waals surface area contributed by atoms with Gasteiger partial charge in [-0.05, 0) is 13.3 Å². The van der Waals surface area contributed by atoms with Gasteiger partial charge in [0.15, 0.2) is 0 Å². The number of hydrogen-bond acceptors (Lipinski definition) is 3. The Morgan fingerprint density at radius 1 is 1.88 bits per heavy atom. The quantitative estimate of drug-likeness (QED) is 0.467. The fourth-order valence-electron chi connectivity index (χ4n) is 0.250. The molecule has 0 aromatic heterocycles. The van der Waals surface area contributed by atoms with E-state index in [1.165, 1.54) is 9.21 Å². The highest BCUT2D eigenvalue weighted by Gasteiger charge is 1.93. The molecule has 0 radical (unpaired) electrons. The maximum Gasteiger partial charge on any atom is 0.0650 e. The minimum atomic E-state index is -0.237. The van der Waals surface area contributed by atoms with E-state index < -0.39 is 0 Å². The average molecular weight is 248 g/mol. The molecule has 0 aromatic rings. The molecule has 0 aromatic carbocycles. The van der Waals surface area contributed by atoms with Crippen molar-refractivity contribution in [2.24, 2.45) is 0 Å². The van der Waals surface area contributed by atoms with Crippen molar-refractivity contribution < 1.29 is 9.29 Å². The lowest BCUT2D eigenvalue weighted by atomic mass is 10.3. The highest BCUT2D eigenvalue weighted by Crippen LogP contribution is 2.12. The van der Waals surface area contributed by atoms with E-state index >= 15 is 0 Å². The fraction of sp³-hybridized carbons (Fsp3) is 1.00. The monoisotopic (exact) mass is 248 g/mol. The smallest absolute Gasteiger partial charge is 0.0650 e. The molecule has 1 atom stereocenters. The van der Waals surface area contributed by atoms with Gasteiger partial charge in [-0.25, -0.2) is 0 Å². The molecule has 1 N–H and O–H groups in total. The first kappa shape index (κ1) is 9.00. The Kier molecular flexibility index (Phi) is 6.89. The standard InChI is InChI=1S/C4H9IO2S/c1-4(6)2-3-7-8-5/h4,6H,2-3H2,1H3. The van der Waals surface area contributed by atoms with Gasteiger partial charge in [-0.3, -0.25) is 0 Å². The average Bonchev–Trinajstić information content (AvgIpc) is 1.66. The highest BCUT2D eigenvalue weighted by atomic mass is 127. The van der Waals surface area contributed by atoms with E-state index in [0.29, 0.717) is 6.61 Å². The number of aliphatic hydroxyl groups excluding tert-OH is 1. The lowest BCUT2D eigenvalue weighted by Gasteiger charge is -1.99. The van der Waals surface area contributed by atoms with Gasteiger partial charge < -0.3 is 9.29 Å². The van der Waals surface area contributed by atoms with Crippen molar-refractivity contribution >= 4 is 30.4 Å². The van der Waals surface area contributed by atoms with E-state index in [2.05, 4.69) is 0 Å². The van der Waals surface area contributed by atoms with Crippen LogP contribution in [0.3, 0.4) is 0 Å². The SMILES string of the molecule is CC(O)CCOSI. The second-order valence-electron chi connectivity index (χ2n) is 1.52. The van der Waals surface area contributed by atoms with Gasteiger partial charge in [0.2, 0.25) is 0 Å². The minimum absolute atomic E-state index is 0.237. The molecule has 0 aliphatic heterocycles. The van der Waals surface area contributed by atoms with Crippen LogP contribution in [0.2, 0.25) is 0 Å². The Bertz CT molecular complexity index is 51.3. The van der Waals surface area contributed by atoms with Crippen LogP contribution in [0, 0.1) is 0 Å². The summed E-state index contributed by atoms with van der Waals surface area (Å²) >= 11 is 2.05. The molecule has 0 amide bonds. The number of aliphatic hydroxyl groups is 1. The maximum absolute atomic E-state index is 8.69. The molecule has 50 valence electrons. The van der Waals surface area contributed by atoms with Crippen molar-refractivity contribution in [3.63, 3.8) is 0 Å². The van der Waals surface area contributed by atoms with Gasteiger partial charge in [0, 0.05) is 21.2 Å². The van der Waals surface area contributed by atoms with Crippen LogP contribution in [0.25, 0.3) is 0 Å². The molecule has 4 heteroatoms. The largest absolute Gasteiger partial charge is 0.393 e. The van der Waals surface area contributed by atoms with Crippen LogP contribution in [0.15, 0.2) is 0 Å². The van der Waals surface area contributed by atoms with Crippen molar-refractivity contribution in [1.29, 1.82) is 0 Å². The van der Waals surface area contributed by atoms with Crippen molar-refractivity contribution in [2.75, 3.05) is 6.61 Å². The fourth-order valence-corrected chi connectivity index (χ4v) is 0.949. The number of halogens is 1. The maximum atomic E-state index is 8.69. The predicted molar refractivity (Wildman–Crippen MR) is 43.9 cm³/mol. The normalized spacial score (nSPS) is 13.9. The first-order valence-electron chi connectivity index (χ1n) is 2.35. The molecule has 0 rings (SSSR count). The van der Waals surface area contributed by atoms with Crippen LogP contribution in [0.1, 0.15) is 13.3 Å². The van der Waals surface area contributed by atoms with E-state index in [1.54, 1.807) is 6.92 Å². The molecule has 2 nitrogen and oxygen atoms in total. The van der Waals surface area contributed by atoms with Crippen molar-refractivity contribution in [1.82, 2.24) is 0 Å². The summed E-state index contributed by atoms with van der Waals surface area (Å²) in [6.07, 6.45) is 0.481. The van der Waals surface area contributed by atoms with Gasteiger partial charge in [0.25, 0.3) is 0 Å². The van der Waals surface area contributed by atoms with Crippen molar-refractivity contribution in [2.45, 2.75) is 19.4 Å². The van der Waals surface area contributed by atoms with E-state index in [-0.39, 0.29) is 6.10 Å². The third-order valence-corrected chi connectivity index (χ3v) is 1.68. The van der Waals surface area contributed by atoms with E-state index in [4.69, 9.17) is 9.29 Å². The van der Waals surface area contributed by atoms with Crippen molar-refractivity contribution in [3.8, 4) is 0 Å². The summed E-state index contributed by atoms with van der Waals surface area (Å²) in [6.45, 7) is 2.38. The topological polar surface area (TPSA) is 29.5 Å². The molecular weight excluding hydrogens is 239 g/mol. The highest BCUT2D eigenvalue weighted by molar-refractivity contribution is 14.2.